The number of hydrogen-bond donors (Lipinski definition) is 1. The highest BCUT2D eigenvalue weighted by Crippen LogP contribution is 2.42. The van der Waals surface area contributed by atoms with Crippen molar-refractivity contribution in [3.63, 3.8) is 0 Å². The molecular weight excluding hydrogens is 466 g/mol. The standard InChI is InChI=1S/C26H40F2N6O2/c1-7-8-26(27,28)20-9-19-23(31-30-20)25(5,6)16-34(19)22(36)14-32-12-17(2)29-11-18(32)13-33-15-24(3,4)10-21(33)35/h9,17-18,29H,7-8,10-16H2,1-6H3/t17?,18-/m1/s1. The molecule has 4 heterocycles. The van der Waals surface area contributed by atoms with Gasteiger partial charge in [0, 0.05) is 63.1 Å². The van der Waals surface area contributed by atoms with Gasteiger partial charge in [0.05, 0.1) is 17.9 Å². The molecule has 8 nitrogen and oxygen atoms in total. The van der Waals surface area contributed by atoms with Crippen LogP contribution in [0.5, 0.6) is 0 Å². The molecule has 1 aromatic heterocycles. The van der Waals surface area contributed by atoms with Gasteiger partial charge in [-0.1, -0.05) is 41.0 Å². The van der Waals surface area contributed by atoms with Crippen LogP contribution < -0.4 is 10.2 Å². The number of hydrogen-bond acceptors (Lipinski definition) is 6. The number of aromatic nitrogens is 2. The van der Waals surface area contributed by atoms with Crippen LogP contribution >= 0.6 is 0 Å². The molecule has 3 aliphatic rings. The fourth-order valence-electron chi connectivity index (χ4n) is 5.74. The molecule has 0 bridgehead atoms. The second-order valence-electron chi connectivity index (χ2n) is 12.3. The van der Waals surface area contributed by atoms with Gasteiger partial charge in [-0.05, 0) is 18.4 Å². The van der Waals surface area contributed by atoms with Crippen molar-refractivity contribution < 1.29 is 18.4 Å². The molecule has 2 atom stereocenters. The summed E-state index contributed by atoms with van der Waals surface area (Å²) in [5.41, 5.74) is 0.0861. The van der Waals surface area contributed by atoms with Gasteiger partial charge in [0.25, 0.3) is 5.92 Å². The zero-order valence-corrected chi connectivity index (χ0v) is 22.4. The summed E-state index contributed by atoms with van der Waals surface area (Å²) in [6.07, 6.45) is 0.539. The second-order valence-corrected chi connectivity index (χ2v) is 12.3. The van der Waals surface area contributed by atoms with E-state index in [2.05, 4.69) is 41.2 Å². The molecule has 10 heteroatoms. The Kier molecular flexibility index (Phi) is 7.16. The van der Waals surface area contributed by atoms with Crippen molar-refractivity contribution in [1.82, 2.24) is 25.3 Å². The van der Waals surface area contributed by atoms with Crippen LogP contribution in [-0.4, -0.2) is 83.2 Å². The van der Waals surface area contributed by atoms with Crippen LogP contribution in [-0.2, 0) is 20.9 Å². The zero-order valence-electron chi connectivity index (χ0n) is 22.4. The van der Waals surface area contributed by atoms with Crippen LogP contribution in [0.25, 0.3) is 0 Å². The number of rotatable bonds is 7. The first-order chi connectivity index (χ1) is 16.7. The van der Waals surface area contributed by atoms with E-state index >= 15 is 0 Å². The number of halogens is 2. The molecule has 2 fully saturated rings. The van der Waals surface area contributed by atoms with Crippen LogP contribution in [0.3, 0.4) is 0 Å². The Morgan fingerprint density at radius 3 is 2.58 bits per heavy atom. The number of fused-ring (bicyclic) bond motifs is 1. The number of piperazine rings is 1. The third-order valence-electron chi connectivity index (χ3n) is 7.60. The van der Waals surface area contributed by atoms with Crippen LogP contribution in [0.4, 0.5) is 14.5 Å². The number of carbonyl (C=O) groups is 2. The average molecular weight is 507 g/mol. The molecule has 0 aromatic carbocycles. The minimum Gasteiger partial charge on any atom is -0.341 e. The van der Waals surface area contributed by atoms with Gasteiger partial charge in [0.2, 0.25) is 11.8 Å². The first kappa shape index (κ1) is 26.9. The van der Waals surface area contributed by atoms with Crippen molar-refractivity contribution in [3.8, 4) is 0 Å². The normalized spacial score (nSPS) is 25.9. The SMILES string of the molecule is CCCC(F)(F)c1cc2c(nn1)C(C)(C)CN2C(=O)CN1CC(C)NC[C@@H]1CN1CC(C)(C)CC1=O. The molecular formula is C26H40F2N6O2. The van der Waals surface area contributed by atoms with Crippen LogP contribution in [0, 0.1) is 5.41 Å². The summed E-state index contributed by atoms with van der Waals surface area (Å²) in [7, 11) is 0. The molecule has 0 aliphatic carbocycles. The molecule has 0 saturated carbocycles. The van der Waals surface area contributed by atoms with Gasteiger partial charge in [-0.2, -0.15) is 13.9 Å². The van der Waals surface area contributed by atoms with E-state index in [1.807, 2.05) is 18.7 Å². The van der Waals surface area contributed by atoms with Gasteiger partial charge in [0.1, 0.15) is 5.69 Å². The Labute approximate surface area is 212 Å². The maximum absolute atomic E-state index is 14.6. The van der Waals surface area contributed by atoms with E-state index in [1.54, 1.807) is 11.8 Å². The third-order valence-corrected chi connectivity index (χ3v) is 7.60. The highest BCUT2D eigenvalue weighted by molar-refractivity contribution is 5.97. The lowest BCUT2D eigenvalue weighted by Gasteiger charge is -2.41. The van der Waals surface area contributed by atoms with Crippen molar-refractivity contribution in [2.45, 2.75) is 84.2 Å². The maximum Gasteiger partial charge on any atom is 0.291 e. The molecule has 1 N–H and O–H groups in total. The fourth-order valence-corrected chi connectivity index (χ4v) is 5.74. The number of carbonyl (C=O) groups excluding carboxylic acids is 2. The van der Waals surface area contributed by atoms with Gasteiger partial charge in [-0.15, -0.1) is 5.10 Å². The first-order valence-corrected chi connectivity index (χ1v) is 13.0. The van der Waals surface area contributed by atoms with Gasteiger partial charge in [-0.3, -0.25) is 14.5 Å². The molecule has 2 amide bonds. The smallest absolute Gasteiger partial charge is 0.291 e. The second kappa shape index (κ2) is 9.59. The number of alkyl halides is 2. The summed E-state index contributed by atoms with van der Waals surface area (Å²) < 4.78 is 29.3. The lowest BCUT2D eigenvalue weighted by atomic mass is 9.91. The quantitative estimate of drug-likeness (QED) is 0.613. The lowest BCUT2D eigenvalue weighted by molar-refractivity contribution is -0.128. The summed E-state index contributed by atoms with van der Waals surface area (Å²) in [4.78, 5) is 31.9. The molecule has 4 rings (SSSR count). The highest BCUT2D eigenvalue weighted by atomic mass is 19.3. The number of amides is 2. The molecule has 0 radical (unpaired) electrons. The van der Waals surface area contributed by atoms with Gasteiger partial charge in [-0.25, -0.2) is 0 Å². The maximum atomic E-state index is 14.6. The molecule has 2 saturated heterocycles. The van der Waals surface area contributed by atoms with Crippen LogP contribution in [0.2, 0.25) is 0 Å². The summed E-state index contributed by atoms with van der Waals surface area (Å²) >= 11 is 0. The Bertz CT molecular complexity index is 1010. The van der Waals surface area contributed by atoms with Gasteiger partial charge in [0.15, 0.2) is 0 Å². The minimum absolute atomic E-state index is 0.00176. The summed E-state index contributed by atoms with van der Waals surface area (Å²) in [5, 5.41) is 11.5. The van der Waals surface area contributed by atoms with Crippen LogP contribution in [0.15, 0.2) is 6.07 Å². The first-order valence-electron chi connectivity index (χ1n) is 13.0. The predicted molar refractivity (Wildman–Crippen MR) is 134 cm³/mol. The Morgan fingerprint density at radius 2 is 1.94 bits per heavy atom. The summed E-state index contributed by atoms with van der Waals surface area (Å²) in [6, 6.07) is 1.55. The van der Waals surface area contributed by atoms with Crippen molar-refractivity contribution in [2.24, 2.45) is 5.41 Å². The van der Waals surface area contributed by atoms with Gasteiger partial charge < -0.3 is 15.1 Å². The van der Waals surface area contributed by atoms with E-state index in [0.717, 1.165) is 0 Å². The van der Waals surface area contributed by atoms with E-state index in [0.29, 0.717) is 56.9 Å². The van der Waals surface area contributed by atoms with Crippen molar-refractivity contribution in [1.29, 1.82) is 0 Å². The number of nitrogens with zero attached hydrogens (tertiary/aromatic N) is 5. The Morgan fingerprint density at radius 1 is 1.22 bits per heavy atom. The monoisotopic (exact) mass is 506 g/mol. The largest absolute Gasteiger partial charge is 0.341 e. The lowest BCUT2D eigenvalue weighted by Crippen LogP contribution is -2.61. The van der Waals surface area contributed by atoms with E-state index < -0.39 is 11.3 Å². The zero-order chi connectivity index (χ0) is 26.5. The Hall–Kier alpha value is -2.20. The topological polar surface area (TPSA) is 81.7 Å². The molecule has 1 aromatic rings. The third kappa shape index (κ3) is 5.39. The minimum atomic E-state index is -3.09. The summed E-state index contributed by atoms with van der Waals surface area (Å²) in [5.74, 6) is -3.08. The van der Waals surface area contributed by atoms with E-state index in [9.17, 15) is 18.4 Å². The average Bonchev–Trinajstić information content (AvgIpc) is 3.20. The van der Waals surface area contributed by atoms with Crippen molar-refractivity contribution in [2.75, 3.05) is 44.2 Å². The molecule has 1 unspecified atom stereocenters. The van der Waals surface area contributed by atoms with Crippen molar-refractivity contribution >= 4 is 17.5 Å². The van der Waals surface area contributed by atoms with Crippen molar-refractivity contribution in [3.05, 3.63) is 17.5 Å². The molecule has 36 heavy (non-hydrogen) atoms. The Balaban J connectivity index is 1.54. The van der Waals surface area contributed by atoms with E-state index in [4.69, 9.17) is 0 Å². The van der Waals surface area contributed by atoms with E-state index in [-0.39, 0.29) is 48.0 Å². The highest BCUT2D eigenvalue weighted by Gasteiger charge is 2.44. The number of anilines is 1. The molecule has 0 spiro atoms. The number of nitrogens with one attached hydrogen (secondary N) is 1. The van der Waals surface area contributed by atoms with Crippen LogP contribution in [0.1, 0.15) is 72.2 Å². The summed E-state index contributed by atoms with van der Waals surface area (Å²) in [6.45, 7) is 15.0. The number of likely N-dealkylation sites (tertiary alicyclic amines) is 1. The molecule has 3 aliphatic heterocycles. The fraction of sp³-hybridized carbons (Fsp3) is 0.769. The predicted octanol–water partition coefficient (Wildman–Crippen LogP) is 2.91. The molecule has 200 valence electrons. The van der Waals surface area contributed by atoms with E-state index in [1.165, 1.54) is 6.07 Å². The van der Waals surface area contributed by atoms with Gasteiger partial charge >= 0.3 is 0 Å².